The number of piperidine rings is 1. The van der Waals surface area contributed by atoms with E-state index in [1.165, 1.54) is 12.0 Å². The Hall–Kier alpha value is -1.35. The van der Waals surface area contributed by atoms with Gasteiger partial charge in [0.1, 0.15) is 6.04 Å². The van der Waals surface area contributed by atoms with Gasteiger partial charge in [-0.1, -0.05) is 44.5 Å². The standard InChI is InChI=1S/C17H25NO2/c1-13(2)15-8-6-14(7-9-15)12-16(17(19)20)18-10-4-3-5-11-18/h6-9,13,16H,3-5,10-12H2,1-2H3,(H,19,20)/t16-/m1/s1. The van der Waals surface area contributed by atoms with E-state index in [2.05, 4.69) is 43.0 Å². The van der Waals surface area contributed by atoms with Crippen LogP contribution in [0.25, 0.3) is 0 Å². The number of carboxylic acids is 1. The van der Waals surface area contributed by atoms with Gasteiger partial charge in [0.25, 0.3) is 0 Å². The number of nitrogens with zero attached hydrogens (tertiary/aromatic N) is 1. The van der Waals surface area contributed by atoms with E-state index >= 15 is 0 Å². The van der Waals surface area contributed by atoms with Crippen LogP contribution in [0.4, 0.5) is 0 Å². The number of rotatable bonds is 5. The van der Waals surface area contributed by atoms with Crippen molar-refractivity contribution in [2.75, 3.05) is 13.1 Å². The topological polar surface area (TPSA) is 40.5 Å². The maximum absolute atomic E-state index is 11.5. The molecule has 2 rings (SSSR count). The fraction of sp³-hybridized carbons (Fsp3) is 0.588. The number of hydrogen-bond donors (Lipinski definition) is 1. The maximum Gasteiger partial charge on any atom is 0.321 e. The molecule has 3 nitrogen and oxygen atoms in total. The highest BCUT2D eigenvalue weighted by Crippen LogP contribution is 2.19. The zero-order chi connectivity index (χ0) is 14.5. The molecular formula is C17H25NO2. The molecule has 1 aromatic carbocycles. The van der Waals surface area contributed by atoms with Crippen LogP contribution in [0.2, 0.25) is 0 Å². The Labute approximate surface area is 121 Å². The number of carbonyl (C=O) groups is 1. The Kier molecular flexibility index (Phi) is 5.18. The van der Waals surface area contributed by atoms with Crippen LogP contribution in [-0.2, 0) is 11.2 Å². The lowest BCUT2D eigenvalue weighted by Crippen LogP contribution is -2.45. The highest BCUT2D eigenvalue weighted by molar-refractivity contribution is 5.74. The van der Waals surface area contributed by atoms with E-state index in [1.54, 1.807) is 0 Å². The average Bonchev–Trinajstić information content (AvgIpc) is 2.46. The van der Waals surface area contributed by atoms with Gasteiger partial charge in [0.15, 0.2) is 0 Å². The Morgan fingerprint density at radius 1 is 1.15 bits per heavy atom. The van der Waals surface area contributed by atoms with Crippen molar-refractivity contribution in [2.24, 2.45) is 0 Å². The van der Waals surface area contributed by atoms with E-state index in [0.29, 0.717) is 12.3 Å². The number of likely N-dealkylation sites (tertiary alicyclic amines) is 1. The molecule has 1 aromatic rings. The predicted octanol–water partition coefficient (Wildman–Crippen LogP) is 3.29. The van der Waals surface area contributed by atoms with Crippen molar-refractivity contribution in [2.45, 2.75) is 51.5 Å². The van der Waals surface area contributed by atoms with Crippen molar-refractivity contribution in [3.05, 3.63) is 35.4 Å². The first-order chi connectivity index (χ1) is 9.58. The van der Waals surface area contributed by atoms with Crippen molar-refractivity contribution in [3.63, 3.8) is 0 Å². The van der Waals surface area contributed by atoms with Gasteiger partial charge >= 0.3 is 5.97 Å². The van der Waals surface area contributed by atoms with Gasteiger partial charge < -0.3 is 5.11 Å². The first-order valence-corrected chi connectivity index (χ1v) is 7.63. The predicted molar refractivity (Wildman–Crippen MR) is 81.1 cm³/mol. The van der Waals surface area contributed by atoms with Crippen LogP contribution in [0.3, 0.4) is 0 Å². The molecule has 0 saturated carbocycles. The zero-order valence-corrected chi connectivity index (χ0v) is 12.5. The molecule has 0 aromatic heterocycles. The minimum Gasteiger partial charge on any atom is -0.480 e. The first kappa shape index (κ1) is 15.0. The highest BCUT2D eigenvalue weighted by atomic mass is 16.4. The summed E-state index contributed by atoms with van der Waals surface area (Å²) in [6, 6.07) is 8.02. The fourth-order valence-electron chi connectivity index (χ4n) is 2.86. The summed E-state index contributed by atoms with van der Waals surface area (Å²) in [6.07, 6.45) is 4.08. The minimum atomic E-state index is -0.695. The fourth-order valence-corrected chi connectivity index (χ4v) is 2.86. The number of aliphatic carboxylic acids is 1. The van der Waals surface area contributed by atoms with Gasteiger partial charge in [-0.3, -0.25) is 9.69 Å². The molecule has 0 spiro atoms. The van der Waals surface area contributed by atoms with Crippen LogP contribution in [-0.4, -0.2) is 35.1 Å². The molecule has 1 atom stereocenters. The van der Waals surface area contributed by atoms with E-state index in [4.69, 9.17) is 0 Å². The number of carboxylic acid groups (broad SMARTS) is 1. The third-order valence-corrected chi connectivity index (χ3v) is 4.19. The van der Waals surface area contributed by atoms with E-state index in [-0.39, 0.29) is 6.04 Å². The monoisotopic (exact) mass is 275 g/mol. The Morgan fingerprint density at radius 3 is 2.25 bits per heavy atom. The second kappa shape index (κ2) is 6.89. The third kappa shape index (κ3) is 3.83. The van der Waals surface area contributed by atoms with Gasteiger partial charge in [0.2, 0.25) is 0 Å². The molecule has 0 radical (unpaired) electrons. The normalized spacial score (nSPS) is 18.1. The molecule has 1 saturated heterocycles. The Balaban J connectivity index is 2.05. The lowest BCUT2D eigenvalue weighted by molar-refractivity contribution is -0.143. The summed E-state index contributed by atoms with van der Waals surface area (Å²) in [4.78, 5) is 13.7. The molecule has 1 aliphatic heterocycles. The van der Waals surface area contributed by atoms with Crippen molar-refractivity contribution >= 4 is 5.97 Å². The summed E-state index contributed by atoms with van der Waals surface area (Å²) in [6.45, 7) is 6.17. The van der Waals surface area contributed by atoms with Crippen molar-refractivity contribution < 1.29 is 9.90 Å². The van der Waals surface area contributed by atoms with Crippen LogP contribution >= 0.6 is 0 Å². The SMILES string of the molecule is CC(C)c1ccc(C[C@H](C(=O)O)N2CCCCC2)cc1. The average molecular weight is 275 g/mol. The van der Waals surface area contributed by atoms with Gasteiger partial charge in [0, 0.05) is 0 Å². The molecule has 3 heteroatoms. The van der Waals surface area contributed by atoms with Crippen LogP contribution in [0.5, 0.6) is 0 Å². The molecule has 1 heterocycles. The summed E-state index contributed by atoms with van der Waals surface area (Å²) in [5.41, 5.74) is 2.42. The summed E-state index contributed by atoms with van der Waals surface area (Å²) in [7, 11) is 0. The molecule has 0 unspecified atom stereocenters. The lowest BCUT2D eigenvalue weighted by atomic mass is 9.97. The van der Waals surface area contributed by atoms with E-state index < -0.39 is 5.97 Å². The van der Waals surface area contributed by atoms with Crippen molar-refractivity contribution in [3.8, 4) is 0 Å². The number of benzene rings is 1. The van der Waals surface area contributed by atoms with E-state index in [1.807, 2.05) is 0 Å². The summed E-state index contributed by atoms with van der Waals surface area (Å²) >= 11 is 0. The number of hydrogen-bond acceptors (Lipinski definition) is 2. The molecule has 0 amide bonds. The molecule has 1 N–H and O–H groups in total. The zero-order valence-electron chi connectivity index (χ0n) is 12.5. The smallest absolute Gasteiger partial charge is 0.321 e. The summed E-state index contributed by atoms with van der Waals surface area (Å²) < 4.78 is 0. The Morgan fingerprint density at radius 2 is 1.75 bits per heavy atom. The van der Waals surface area contributed by atoms with E-state index in [9.17, 15) is 9.90 Å². The highest BCUT2D eigenvalue weighted by Gasteiger charge is 2.26. The summed E-state index contributed by atoms with van der Waals surface area (Å²) in [5.74, 6) is -0.179. The molecule has 1 aliphatic rings. The maximum atomic E-state index is 11.5. The third-order valence-electron chi connectivity index (χ3n) is 4.19. The first-order valence-electron chi connectivity index (χ1n) is 7.63. The van der Waals surface area contributed by atoms with Crippen molar-refractivity contribution in [1.82, 2.24) is 4.90 Å². The van der Waals surface area contributed by atoms with Gasteiger partial charge in [-0.2, -0.15) is 0 Å². The molecule has 0 bridgehead atoms. The molecule has 110 valence electrons. The van der Waals surface area contributed by atoms with Gasteiger partial charge in [0.05, 0.1) is 0 Å². The van der Waals surface area contributed by atoms with E-state index in [0.717, 1.165) is 31.5 Å². The Bertz CT molecular complexity index is 433. The van der Waals surface area contributed by atoms with Gasteiger partial charge in [-0.05, 0) is 49.4 Å². The second-order valence-corrected chi connectivity index (χ2v) is 6.05. The van der Waals surface area contributed by atoms with Crippen molar-refractivity contribution in [1.29, 1.82) is 0 Å². The van der Waals surface area contributed by atoms with Crippen LogP contribution < -0.4 is 0 Å². The van der Waals surface area contributed by atoms with Crippen LogP contribution in [0.15, 0.2) is 24.3 Å². The van der Waals surface area contributed by atoms with Crippen LogP contribution in [0.1, 0.15) is 50.2 Å². The molecular weight excluding hydrogens is 250 g/mol. The van der Waals surface area contributed by atoms with Gasteiger partial charge in [-0.15, -0.1) is 0 Å². The lowest BCUT2D eigenvalue weighted by Gasteiger charge is -2.32. The van der Waals surface area contributed by atoms with Gasteiger partial charge in [-0.25, -0.2) is 0 Å². The largest absolute Gasteiger partial charge is 0.480 e. The van der Waals surface area contributed by atoms with Crippen LogP contribution in [0, 0.1) is 0 Å². The quantitative estimate of drug-likeness (QED) is 0.896. The molecule has 0 aliphatic carbocycles. The second-order valence-electron chi connectivity index (χ2n) is 6.05. The molecule has 1 fully saturated rings. The molecule has 20 heavy (non-hydrogen) atoms. The minimum absolute atomic E-state index is 0.375. The summed E-state index contributed by atoms with van der Waals surface area (Å²) in [5, 5.41) is 9.49.